The highest BCUT2D eigenvalue weighted by Crippen LogP contribution is 2.36. The minimum Gasteiger partial charge on any atom is -0.506 e. The summed E-state index contributed by atoms with van der Waals surface area (Å²) in [5.74, 6) is 0.785. The fourth-order valence-corrected chi connectivity index (χ4v) is 2.65. The number of benzene rings is 3. The van der Waals surface area contributed by atoms with Crippen LogP contribution in [0.2, 0.25) is 0 Å². The third-order valence-corrected chi connectivity index (χ3v) is 3.99. The van der Waals surface area contributed by atoms with Gasteiger partial charge in [-0.05, 0) is 29.8 Å². The number of phenols is 1. The van der Waals surface area contributed by atoms with Crippen molar-refractivity contribution in [3.05, 3.63) is 88.5 Å². The molecule has 0 unspecified atom stereocenters. The molecule has 0 bridgehead atoms. The molecule has 0 aliphatic carbocycles. The van der Waals surface area contributed by atoms with E-state index in [-0.39, 0.29) is 18.0 Å². The van der Waals surface area contributed by atoms with Crippen LogP contribution in [0.5, 0.6) is 11.5 Å². The van der Waals surface area contributed by atoms with Crippen molar-refractivity contribution in [2.45, 2.75) is 6.61 Å². The van der Waals surface area contributed by atoms with E-state index in [9.17, 15) is 15.2 Å². The number of nitro benzene ring substituents is 1. The Bertz CT molecular complexity index is 927. The van der Waals surface area contributed by atoms with Crippen LogP contribution in [0.3, 0.4) is 0 Å². The van der Waals surface area contributed by atoms with Crippen molar-refractivity contribution >= 4 is 17.1 Å². The van der Waals surface area contributed by atoms with Gasteiger partial charge in [-0.3, -0.25) is 10.1 Å². The first-order chi connectivity index (χ1) is 12.6. The lowest BCUT2D eigenvalue weighted by Crippen LogP contribution is -2.11. The topological polar surface area (TPSA) is 75.8 Å². The van der Waals surface area contributed by atoms with E-state index in [4.69, 9.17) is 4.74 Å². The Labute approximate surface area is 151 Å². The molecule has 0 fully saturated rings. The molecule has 0 heterocycles. The van der Waals surface area contributed by atoms with Crippen LogP contribution in [0.15, 0.2) is 72.8 Å². The molecule has 3 aromatic rings. The minimum atomic E-state index is -0.427. The van der Waals surface area contributed by atoms with Gasteiger partial charge in [-0.2, -0.15) is 0 Å². The SMILES string of the molecule is CN(c1ccccc1O)c1ccccc1OCc1cccc([N+](=O)[O-])c1. The number of phenolic OH excluding ortho intramolecular Hbond substituents is 1. The average molecular weight is 350 g/mol. The van der Waals surface area contributed by atoms with Crippen LogP contribution in [0, 0.1) is 10.1 Å². The van der Waals surface area contributed by atoms with Crippen molar-refractivity contribution in [3.63, 3.8) is 0 Å². The first-order valence-corrected chi connectivity index (χ1v) is 8.03. The standard InChI is InChI=1S/C20H18N2O4/c1-21(17-9-2-4-11-19(17)23)18-10-3-5-12-20(18)26-14-15-7-6-8-16(13-15)22(24)25/h2-13,23H,14H2,1H3. The van der Waals surface area contributed by atoms with Gasteiger partial charge in [0.25, 0.3) is 5.69 Å². The number of rotatable bonds is 6. The molecular formula is C20H18N2O4. The van der Waals surface area contributed by atoms with E-state index in [2.05, 4.69) is 0 Å². The molecule has 1 N–H and O–H groups in total. The summed E-state index contributed by atoms with van der Waals surface area (Å²) in [7, 11) is 1.84. The normalized spacial score (nSPS) is 10.3. The smallest absolute Gasteiger partial charge is 0.269 e. The van der Waals surface area contributed by atoms with Crippen molar-refractivity contribution in [2.24, 2.45) is 0 Å². The molecule has 0 aromatic heterocycles. The predicted molar refractivity (Wildman–Crippen MR) is 100 cm³/mol. The summed E-state index contributed by atoms with van der Waals surface area (Å²) in [4.78, 5) is 12.3. The third kappa shape index (κ3) is 3.75. The second-order valence-electron chi connectivity index (χ2n) is 5.73. The summed E-state index contributed by atoms with van der Waals surface area (Å²) in [5, 5.41) is 21.0. The molecule has 132 valence electrons. The Kier molecular flexibility index (Phi) is 5.03. The predicted octanol–water partition coefficient (Wildman–Crippen LogP) is 4.65. The number of para-hydroxylation sites is 4. The van der Waals surface area contributed by atoms with E-state index >= 15 is 0 Å². The van der Waals surface area contributed by atoms with Crippen LogP contribution in [-0.4, -0.2) is 17.1 Å². The lowest BCUT2D eigenvalue weighted by Gasteiger charge is -2.23. The van der Waals surface area contributed by atoms with Crippen LogP contribution in [-0.2, 0) is 6.61 Å². The van der Waals surface area contributed by atoms with E-state index in [1.54, 1.807) is 24.3 Å². The Morgan fingerprint density at radius 3 is 2.42 bits per heavy atom. The van der Waals surface area contributed by atoms with Crippen LogP contribution in [0.4, 0.5) is 17.1 Å². The van der Waals surface area contributed by atoms with Gasteiger partial charge in [-0.25, -0.2) is 0 Å². The fraction of sp³-hybridized carbons (Fsp3) is 0.100. The summed E-state index contributed by atoms with van der Waals surface area (Å²) in [5.41, 5.74) is 2.17. The van der Waals surface area contributed by atoms with Crippen molar-refractivity contribution in [3.8, 4) is 11.5 Å². The Balaban J connectivity index is 1.83. The van der Waals surface area contributed by atoms with Crippen LogP contribution >= 0.6 is 0 Å². The Morgan fingerprint density at radius 1 is 1.00 bits per heavy atom. The number of ether oxygens (including phenoxy) is 1. The van der Waals surface area contributed by atoms with Gasteiger partial charge in [-0.1, -0.05) is 36.4 Å². The number of nitro groups is 1. The van der Waals surface area contributed by atoms with Gasteiger partial charge in [-0.15, -0.1) is 0 Å². The number of non-ortho nitro benzene ring substituents is 1. The second kappa shape index (κ2) is 7.57. The van der Waals surface area contributed by atoms with Gasteiger partial charge in [0.05, 0.1) is 16.3 Å². The average Bonchev–Trinajstić information content (AvgIpc) is 2.66. The molecule has 0 radical (unpaired) electrons. The minimum absolute atomic E-state index is 0.0331. The number of nitrogens with zero attached hydrogens (tertiary/aromatic N) is 2. The monoisotopic (exact) mass is 350 g/mol. The quantitative estimate of drug-likeness (QED) is 0.517. The number of hydrogen-bond donors (Lipinski definition) is 1. The van der Waals surface area contributed by atoms with Crippen molar-refractivity contribution in [1.82, 2.24) is 0 Å². The molecule has 0 atom stereocenters. The molecule has 6 nitrogen and oxygen atoms in total. The van der Waals surface area contributed by atoms with Gasteiger partial charge in [0.2, 0.25) is 0 Å². The van der Waals surface area contributed by atoms with E-state index in [1.807, 2.05) is 48.3 Å². The van der Waals surface area contributed by atoms with E-state index in [0.717, 1.165) is 5.69 Å². The third-order valence-electron chi connectivity index (χ3n) is 3.99. The summed E-state index contributed by atoms with van der Waals surface area (Å²) < 4.78 is 5.89. The summed E-state index contributed by atoms with van der Waals surface area (Å²) in [6.45, 7) is 0.202. The zero-order chi connectivity index (χ0) is 18.5. The van der Waals surface area contributed by atoms with E-state index in [1.165, 1.54) is 12.1 Å². The van der Waals surface area contributed by atoms with Crippen molar-refractivity contribution in [2.75, 3.05) is 11.9 Å². The van der Waals surface area contributed by atoms with Crippen LogP contribution in [0.1, 0.15) is 5.56 Å². The van der Waals surface area contributed by atoms with Crippen LogP contribution in [0.25, 0.3) is 0 Å². The maximum atomic E-state index is 10.9. The summed E-state index contributed by atoms with van der Waals surface area (Å²) in [6.07, 6.45) is 0. The van der Waals surface area contributed by atoms with Gasteiger partial charge >= 0.3 is 0 Å². The first kappa shape index (κ1) is 17.3. The first-order valence-electron chi connectivity index (χ1n) is 8.03. The molecule has 0 saturated carbocycles. The van der Waals surface area contributed by atoms with Crippen molar-refractivity contribution in [1.29, 1.82) is 0 Å². The van der Waals surface area contributed by atoms with Crippen LogP contribution < -0.4 is 9.64 Å². The lowest BCUT2D eigenvalue weighted by atomic mass is 10.2. The molecule has 0 amide bonds. The number of hydrogen-bond acceptors (Lipinski definition) is 5. The van der Waals surface area contributed by atoms with Gasteiger partial charge in [0.1, 0.15) is 18.1 Å². The number of anilines is 2. The molecule has 0 spiro atoms. The van der Waals surface area contributed by atoms with E-state index in [0.29, 0.717) is 17.0 Å². The molecular weight excluding hydrogens is 332 g/mol. The second-order valence-corrected chi connectivity index (χ2v) is 5.73. The Morgan fingerprint density at radius 2 is 1.69 bits per heavy atom. The molecule has 0 aliphatic heterocycles. The molecule has 3 rings (SSSR count). The highest BCUT2D eigenvalue weighted by molar-refractivity contribution is 5.72. The molecule has 0 saturated heterocycles. The summed E-state index contributed by atoms with van der Waals surface area (Å²) >= 11 is 0. The number of aromatic hydroxyl groups is 1. The largest absolute Gasteiger partial charge is 0.506 e. The maximum absolute atomic E-state index is 10.9. The van der Waals surface area contributed by atoms with Crippen molar-refractivity contribution < 1.29 is 14.8 Å². The fourth-order valence-electron chi connectivity index (χ4n) is 2.65. The van der Waals surface area contributed by atoms with E-state index < -0.39 is 4.92 Å². The molecule has 0 aliphatic rings. The summed E-state index contributed by atoms with van der Waals surface area (Å²) in [6, 6.07) is 20.8. The maximum Gasteiger partial charge on any atom is 0.269 e. The Hall–Kier alpha value is -3.54. The van der Waals surface area contributed by atoms with Gasteiger partial charge in [0, 0.05) is 19.2 Å². The highest BCUT2D eigenvalue weighted by atomic mass is 16.6. The highest BCUT2D eigenvalue weighted by Gasteiger charge is 2.13. The molecule has 3 aromatic carbocycles. The zero-order valence-corrected chi connectivity index (χ0v) is 14.2. The lowest BCUT2D eigenvalue weighted by molar-refractivity contribution is -0.384. The molecule has 6 heteroatoms. The zero-order valence-electron chi connectivity index (χ0n) is 14.2. The van der Waals surface area contributed by atoms with Gasteiger partial charge in [0.15, 0.2) is 0 Å². The molecule has 26 heavy (non-hydrogen) atoms. The van der Waals surface area contributed by atoms with Gasteiger partial charge < -0.3 is 14.7 Å².